The highest BCUT2D eigenvalue weighted by atomic mass is 31.2. The lowest BCUT2D eigenvalue weighted by molar-refractivity contribution is -0.165. The van der Waals surface area contributed by atoms with Crippen LogP contribution >= 0.6 is 8.60 Å². The first-order chi connectivity index (χ1) is 15.0. The van der Waals surface area contributed by atoms with E-state index in [1.807, 2.05) is 27.7 Å². The van der Waals surface area contributed by atoms with Crippen LogP contribution in [0.2, 0.25) is 0 Å². The fourth-order valence-corrected chi connectivity index (χ4v) is 4.04. The van der Waals surface area contributed by atoms with Crippen LogP contribution < -0.4 is 11.2 Å². The summed E-state index contributed by atoms with van der Waals surface area (Å²) in [5.74, 6) is -1.32. The van der Waals surface area contributed by atoms with Gasteiger partial charge in [-0.15, -0.1) is 0 Å². The summed E-state index contributed by atoms with van der Waals surface area (Å²) in [4.78, 5) is 49.3. The molecule has 0 aliphatic carbocycles. The third-order valence-electron chi connectivity index (χ3n) is 3.95. The number of nitrogens with one attached hydrogen (secondary N) is 1. The fourth-order valence-electron chi connectivity index (χ4n) is 2.91. The summed E-state index contributed by atoms with van der Waals surface area (Å²) in [6.45, 7) is 9.52. The molecule has 1 aliphatic rings. The molecular formula is C19H29N2O10P. The minimum atomic E-state index is -1.75. The zero-order valence-electron chi connectivity index (χ0n) is 18.8. The lowest BCUT2D eigenvalue weighted by Crippen LogP contribution is -2.42. The molecule has 0 bridgehead atoms. The third-order valence-corrected chi connectivity index (χ3v) is 5.50. The maximum atomic E-state index is 12.3. The monoisotopic (exact) mass is 476 g/mol. The summed E-state index contributed by atoms with van der Waals surface area (Å²) in [7, 11) is -1.75. The SMILES string of the molecule is CC(=O)O[C@@H]1[C@H](OC(C)=O)[C@@H](COP(OC(C)C)OC(C)C)O[C@H]1n1ccc(=O)[nH]c1=O. The average Bonchev–Trinajstić information content (AvgIpc) is 2.95. The lowest BCUT2D eigenvalue weighted by Gasteiger charge is -2.25. The number of ether oxygens (including phenoxy) is 3. The molecular weight excluding hydrogens is 447 g/mol. The number of H-pyrrole nitrogens is 1. The summed E-state index contributed by atoms with van der Waals surface area (Å²) in [5.41, 5.74) is -1.39. The Morgan fingerprint density at radius 3 is 2.12 bits per heavy atom. The van der Waals surface area contributed by atoms with Gasteiger partial charge in [-0.1, -0.05) is 0 Å². The van der Waals surface area contributed by atoms with E-state index in [1.165, 1.54) is 20.0 Å². The first kappa shape index (κ1) is 26.1. The van der Waals surface area contributed by atoms with Crippen molar-refractivity contribution in [1.29, 1.82) is 0 Å². The van der Waals surface area contributed by atoms with Gasteiger partial charge in [0.05, 0.1) is 18.8 Å². The molecule has 1 N–H and O–H groups in total. The molecule has 1 fully saturated rings. The predicted octanol–water partition coefficient (Wildman–Crippen LogP) is 1.39. The maximum Gasteiger partial charge on any atom is 0.333 e. The smallest absolute Gasteiger partial charge is 0.333 e. The van der Waals surface area contributed by atoms with Gasteiger partial charge in [0.15, 0.2) is 18.4 Å². The number of hydrogen-bond donors (Lipinski definition) is 1. The Labute approximate surface area is 186 Å². The maximum absolute atomic E-state index is 12.3. The lowest BCUT2D eigenvalue weighted by atomic mass is 10.1. The molecule has 180 valence electrons. The van der Waals surface area contributed by atoms with E-state index in [0.717, 1.165) is 10.6 Å². The summed E-state index contributed by atoms with van der Waals surface area (Å²) in [5, 5.41) is 0. The Hall–Kier alpha value is -2.11. The van der Waals surface area contributed by atoms with Crippen molar-refractivity contribution in [1.82, 2.24) is 9.55 Å². The largest absolute Gasteiger partial charge is 0.456 e. The highest BCUT2D eigenvalue weighted by Crippen LogP contribution is 2.44. The summed E-state index contributed by atoms with van der Waals surface area (Å²) >= 11 is 0. The van der Waals surface area contributed by atoms with Gasteiger partial charge in [0, 0.05) is 26.1 Å². The first-order valence-electron chi connectivity index (χ1n) is 10.1. The van der Waals surface area contributed by atoms with Crippen LogP contribution in [0.25, 0.3) is 0 Å². The number of nitrogens with zero attached hydrogens (tertiary/aromatic N) is 1. The zero-order valence-corrected chi connectivity index (χ0v) is 19.7. The molecule has 0 unspecified atom stereocenters. The summed E-state index contributed by atoms with van der Waals surface area (Å²) in [6, 6.07) is 1.12. The van der Waals surface area contributed by atoms with Crippen LogP contribution in [-0.2, 0) is 37.4 Å². The van der Waals surface area contributed by atoms with Crippen LogP contribution in [0.3, 0.4) is 0 Å². The second-order valence-electron chi connectivity index (χ2n) is 7.56. The van der Waals surface area contributed by atoms with Crippen LogP contribution in [0.1, 0.15) is 47.8 Å². The summed E-state index contributed by atoms with van der Waals surface area (Å²) < 4.78 is 34.7. The Morgan fingerprint density at radius 1 is 1.06 bits per heavy atom. The Morgan fingerprint density at radius 2 is 1.62 bits per heavy atom. The van der Waals surface area contributed by atoms with Crippen molar-refractivity contribution in [3.8, 4) is 0 Å². The van der Waals surface area contributed by atoms with Crippen molar-refractivity contribution in [3.63, 3.8) is 0 Å². The van der Waals surface area contributed by atoms with Crippen molar-refractivity contribution >= 4 is 20.5 Å². The number of aromatic amines is 1. The van der Waals surface area contributed by atoms with Crippen molar-refractivity contribution in [2.75, 3.05) is 6.61 Å². The molecule has 0 spiro atoms. The number of carbonyl (C=O) groups is 2. The summed E-state index contributed by atoms with van der Waals surface area (Å²) in [6.07, 6.45) is -3.50. The topological polar surface area (TPSA) is 144 Å². The molecule has 1 aromatic rings. The van der Waals surface area contributed by atoms with Crippen molar-refractivity contribution in [2.24, 2.45) is 0 Å². The second-order valence-corrected chi connectivity index (χ2v) is 8.69. The Balaban J connectivity index is 2.32. The van der Waals surface area contributed by atoms with Crippen LogP contribution in [0.15, 0.2) is 21.9 Å². The molecule has 0 saturated carbocycles. The van der Waals surface area contributed by atoms with E-state index >= 15 is 0 Å². The van der Waals surface area contributed by atoms with Crippen LogP contribution in [0.4, 0.5) is 0 Å². The van der Waals surface area contributed by atoms with E-state index in [2.05, 4.69) is 4.98 Å². The molecule has 12 nitrogen and oxygen atoms in total. The highest BCUT2D eigenvalue weighted by molar-refractivity contribution is 7.41. The molecule has 2 rings (SSSR count). The zero-order chi connectivity index (χ0) is 24.0. The van der Waals surface area contributed by atoms with E-state index in [-0.39, 0.29) is 18.8 Å². The highest BCUT2D eigenvalue weighted by Gasteiger charge is 2.50. The molecule has 4 atom stereocenters. The van der Waals surface area contributed by atoms with E-state index in [4.69, 9.17) is 27.8 Å². The van der Waals surface area contributed by atoms with Gasteiger partial charge in [0.2, 0.25) is 0 Å². The molecule has 0 aromatic carbocycles. The molecule has 2 heterocycles. The van der Waals surface area contributed by atoms with E-state index in [1.54, 1.807) is 0 Å². The Bertz CT molecular complexity index is 889. The predicted molar refractivity (Wildman–Crippen MR) is 112 cm³/mol. The normalized spacial score (nSPS) is 23.2. The van der Waals surface area contributed by atoms with Gasteiger partial charge >= 0.3 is 26.2 Å². The number of carbonyl (C=O) groups excluding carboxylic acids is 2. The van der Waals surface area contributed by atoms with Gasteiger partial charge in [0.1, 0.15) is 6.10 Å². The standard InChI is InChI=1S/C19H29N2O10P/c1-10(2)30-32(31-11(3)4)26-9-14-16(27-12(5)22)17(28-13(6)23)18(29-14)21-8-7-15(24)20-19(21)25/h7-8,10-11,14,16-18H,9H2,1-6H3,(H,20,24,25)/t14-,16-,17-,18-/m1/s1. The third kappa shape index (κ3) is 7.49. The van der Waals surface area contributed by atoms with Gasteiger partial charge in [-0.3, -0.25) is 23.9 Å². The van der Waals surface area contributed by atoms with Crippen molar-refractivity contribution in [3.05, 3.63) is 33.1 Å². The molecule has 32 heavy (non-hydrogen) atoms. The quantitative estimate of drug-likeness (QED) is 0.388. The number of rotatable bonds is 10. The minimum Gasteiger partial charge on any atom is -0.456 e. The van der Waals surface area contributed by atoms with Crippen molar-refractivity contribution < 1.29 is 37.4 Å². The molecule has 1 saturated heterocycles. The van der Waals surface area contributed by atoms with E-state index in [9.17, 15) is 19.2 Å². The van der Waals surface area contributed by atoms with Gasteiger partial charge in [-0.2, -0.15) is 0 Å². The molecule has 0 amide bonds. The van der Waals surface area contributed by atoms with E-state index < -0.39 is 56.3 Å². The minimum absolute atomic E-state index is 0.143. The number of aromatic nitrogens is 2. The number of esters is 2. The second kappa shape index (κ2) is 11.7. The Kier molecular flexibility index (Phi) is 9.53. The van der Waals surface area contributed by atoms with Crippen LogP contribution in [0.5, 0.6) is 0 Å². The first-order valence-corrected chi connectivity index (χ1v) is 11.2. The number of hydrogen-bond acceptors (Lipinski definition) is 10. The van der Waals surface area contributed by atoms with Crippen LogP contribution in [-0.4, -0.2) is 58.6 Å². The van der Waals surface area contributed by atoms with Gasteiger partial charge in [0.25, 0.3) is 5.56 Å². The molecule has 13 heteroatoms. The van der Waals surface area contributed by atoms with Gasteiger partial charge in [-0.25, -0.2) is 4.79 Å². The molecule has 1 aliphatic heterocycles. The fraction of sp³-hybridized carbons (Fsp3) is 0.684. The van der Waals surface area contributed by atoms with Crippen LogP contribution in [0, 0.1) is 0 Å². The van der Waals surface area contributed by atoms with E-state index in [0.29, 0.717) is 0 Å². The average molecular weight is 476 g/mol. The van der Waals surface area contributed by atoms with Gasteiger partial charge in [-0.05, 0) is 27.7 Å². The molecule has 0 radical (unpaired) electrons. The molecule has 1 aromatic heterocycles. The van der Waals surface area contributed by atoms with Gasteiger partial charge < -0.3 is 27.8 Å². The van der Waals surface area contributed by atoms with Crippen molar-refractivity contribution in [2.45, 2.75) is 78.3 Å².